The van der Waals surface area contributed by atoms with Crippen LogP contribution in [0, 0.1) is 3.80 Å². The Labute approximate surface area is 112 Å². The van der Waals surface area contributed by atoms with Crippen molar-refractivity contribution in [1.29, 1.82) is 0 Å². The fourth-order valence-corrected chi connectivity index (χ4v) is 1.96. The molecule has 2 aromatic rings. The standard InChI is InChI=1S/C11H10F3N3.Pt/c1-17-7-15-10(16-17)6-8-2-4-9(5-3-8)11(12,13)14;/h2-5H,6H2,1H3,(H,15,16);. The summed E-state index contributed by atoms with van der Waals surface area (Å²) < 4.78 is 39.7. The fourth-order valence-electron chi connectivity index (χ4n) is 1.52. The van der Waals surface area contributed by atoms with E-state index in [9.17, 15) is 13.2 Å². The van der Waals surface area contributed by atoms with Crippen molar-refractivity contribution in [2.75, 3.05) is 0 Å². The summed E-state index contributed by atoms with van der Waals surface area (Å²) in [6.45, 7) is 0. The second-order valence-corrected chi connectivity index (χ2v) is 4.86. The molecule has 0 aliphatic carbocycles. The van der Waals surface area contributed by atoms with Crippen LogP contribution in [-0.2, 0) is 39.0 Å². The van der Waals surface area contributed by atoms with E-state index in [1.54, 1.807) is 4.68 Å². The molecule has 1 aromatic carbocycles. The zero-order valence-electron chi connectivity index (χ0n) is 9.36. The molecule has 0 radical (unpaired) electrons. The molecule has 0 fully saturated rings. The Kier molecular flexibility index (Phi) is 3.57. The fraction of sp³-hybridized carbons (Fsp3) is 0.273. The zero-order valence-corrected chi connectivity index (χ0v) is 11.6. The average Bonchev–Trinajstić information content (AvgIpc) is 2.57. The number of H-pyrrole nitrogens is 1. The number of aromatic amines is 1. The van der Waals surface area contributed by atoms with E-state index in [1.807, 2.05) is 7.05 Å². The van der Waals surface area contributed by atoms with E-state index in [0.29, 0.717) is 6.42 Å². The van der Waals surface area contributed by atoms with Gasteiger partial charge >= 0.3 is 112 Å². The molecule has 0 aliphatic heterocycles. The van der Waals surface area contributed by atoms with Crippen molar-refractivity contribution < 1.29 is 32.5 Å². The summed E-state index contributed by atoms with van der Waals surface area (Å²) in [6, 6.07) is 5.11. The van der Waals surface area contributed by atoms with Gasteiger partial charge in [0, 0.05) is 0 Å². The Hall–Kier alpha value is -1.16. The molecule has 0 atom stereocenters. The van der Waals surface area contributed by atoms with Crippen LogP contribution in [0.4, 0.5) is 13.2 Å². The van der Waals surface area contributed by atoms with Gasteiger partial charge in [0.2, 0.25) is 0 Å². The van der Waals surface area contributed by atoms with Crippen molar-refractivity contribution in [3.63, 3.8) is 0 Å². The van der Waals surface area contributed by atoms with Gasteiger partial charge < -0.3 is 0 Å². The van der Waals surface area contributed by atoms with Crippen LogP contribution in [-0.4, -0.2) is 14.8 Å². The Morgan fingerprint density at radius 1 is 1.28 bits per heavy atom. The van der Waals surface area contributed by atoms with Gasteiger partial charge in [-0.25, -0.2) is 0 Å². The maximum atomic E-state index is 12.4. The molecule has 0 spiro atoms. The van der Waals surface area contributed by atoms with Crippen LogP contribution in [0.25, 0.3) is 0 Å². The molecule has 1 aromatic heterocycles. The van der Waals surface area contributed by atoms with Gasteiger partial charge in [-0.3, -0.25) is 0 Å². The third kappa shape index (κ3) is 2.99. The Bertz CT molecular complexity index is 595. The number of benzene rings is 1. The number of hydrogen-bond donors (Lipinski definition) is 1. The second kappa shape index (κ2) is 4.84. The van der Waals surface area contributed by atoms with Gasteiger partial charge in [-0.05, 0) is 0 Å². The minimum atomic E-state index is -4.29. The molecule has 7 heteroatoms. The van der Waals surface area contributed by atoms with E-state index >= 15 is 0 Å². The first-order chi connectivity index (χ1) is 8.36. The summed E-state index contributed by atoms with van der Waals surface area (Å²) in [7, 11) is 1.82. The van der Waals surface area contributed by atoms with Gasteiger partial charge in [-0.2, -0.15) is 0 Å². The predicted octanol–water partition coefficient (Wildman–Crippen LogP) is 2.44. The third-order valence-corrected chi connectivity index (χ3v) is 3.44. The second-order valence-electron chi connectivity index (χ2n) is 3.84. The van der Waals surface area contributed by atoms with Crippen LogP contribution in [0.3, 0.4) is 0 Å². The Morgan fingerprint density at radius 3 is 2.33 bits per heavy atom. The summed E-state index contributed by atoms with van der Waals surface area (Å²) in [4.78, 5) is 4.25. The van der Waals surface area contributed by atoms with Gasteiger partial charge in [0.15, 0.2) is 0 Å². The van der Waals surface area contributed by atoms with E-state index in [1.165, 1.54) is 12.1 Å². The summed E-state index contributed by atoms with van der Waals surface area (Å²) in [5.41, 5.74) is 0.153. The first-order valence-corrected chi connectivity index (χ1v) is 6.23. The van der Waals surface area contributed by atoms with Gasteiger partial charge in [0.1, 0.15) is 0 Å². The molecule has 1 heterocycles. The van der Waals surface area contributed by atoms with E-state index in [-0.39, 0.29) is 0 Å². The van der Waals surface area contributed by atoms with Gasteiger partial charge in [0.25, 0.3) is 0 Å². The summed E-state index contributed by atoms with van der Waals surface area (Å²) in [5.74, 6) is 0.724. The summed E-state index contributed by atoms with van der Waals surface area (Å²) in [5, 5.41) is 3.01. The van der Waals surface area contributed by atoms with Crippen molar-refractivity contribution in [1.82, 2.24) is 14.8 Å². The summed E-state index contributed by atoms with van der Waals surface area (Å²) >= 11 is 2.06. The number of hydrogen-bond acceptors (Lipinski definition) is 1. The topological polar surface area (TPSA) is 33.6 Å². The number of halogens is 3. The average molecular weight is 436 g/mol. The molecule has 0 saturated heterocycles. The van der Waals surface area contributed by atoms with Crippen LogP contribution in [0.1, 0.15) is 17.0 Å². The molecular weight excluding hydrogens is 426 g/mol. The van der Waals surface area contributed by atoms with Crippen molar-refractivity contribution in [3.05, 3.63) is 45.0 Å². The molecule has 0 unspecified atom stereocenters. The first-order valence-electron chi connectivity index (χ1n) is 5.10. The molecule has 1 N–H and O–H groups in total. The third-order valence-electron chi connectivity index (χ3n) is 2.43. The number of aryl methyl sites for hydroxylation is 1. The molecule has 0 aliphatic rings. The van der Waals surface area contributed by atoms with E-state index < -0.39 is 11.7 Å². The number of nitrogens with zero attached hydrogens (tertiary/aromatic N) is 2. The van der Waals surface area contributed by atoms with Gasteiger partial charge in [0.05, 0.1) is 0 Å². The van der Waals surface area contributed by atoms with Crippen molar-refractivity contribution in [3.8, 4) is 0 Å². The van der Waals surface area contributed by atoms with Crippen molar-refractivity contribution in [2.24, 2.45) is 7.05 Å². The molecule has 0 amide bonds. The Morgan fingerprint density at radius 2 is 1.89 bits per heavy atom. The number of alkyl halides is 3. The molecule has 18 heavy (non-hydrogen) atoms. The van der Waals surface area contributed by atoms with Gasteiger partial charge in [-0.15, -0.1) is 0 Å². The molecule has 3 nitrogen and oxygen atoms in total. The number of aromatic nitrogens is 3. The monoisotopic (exact) mass is 436 g/mol. The molecular formula is C11H10F3N3Pt. The van der Waals surface area contributed by atoms with E-state index in [2.05, 4.69) is 29.4 Å². The SMILES string of the molecule is Cn1[nH]c(Cc2ccc(C(F)(F)F)cc2)n[c]1=[Pt]. The van der Waals surface area contributed by atoms with Gasteiger partial charge in [-0.1, -0.05) is 0 Å². The molecule has 0 saturated carbocycles. The molecule has 100 valence electrons. The predicted molar refractivity (Wildman–Crippen MR) is 55.1 cm³/mol. The van der Waals surface area contributed by atoms with E-state index in [4.69, 9.17) is 0 Å². The van der Waals surface area contributed by atoms with Crippen LogP contribution < -0.4 is 0 Å². The molecule has 0 bridgehead atoms. The normalized spacial score (nSPS) is 11.9. The van der Waals surface area contributed by atoms with E-state index in [0.717, 1.165) is 27.3 Å². The number of nitrogens with one attached hydrogen (secondary N) is 1. The number of rotatable bonds is 2. The summed E-state index contributed by atoms with van der Waals surface area (Å²) in [6.07, 6.45) is -3.81. The molecule has 2 rings (SSSR count). The Balaban J connectivity index is 2.18. The van der Waals surface area contributed by atoms with Crippen LogP contribution in [0.15, 0.2) is 24.3 Å². The maximum absolute atomic E-state index is 12.4. The van der Waals surface area contributed by atoms with Crippen LogP contribution >= 0.6 is 0 Å². The zero-order chi connectivity index (χ0) is 13.3. The first kappa shape index (κ1) is 13.3. The van der Waals surface area contributed by atoms with Crippen molar-refractivity contribution in [2.45, 2.75) is 12.6 Å². The quantitative estimate of drug-likeness (QED) is 0.771. The van der Waals surface area contributed by atoms with Crippen LogP contribution in [0.5, 0.6) is 0 Å². The minimum absolute atomic E-state index is 0.481. The van der Waals surface area contributed by atoms with Crippen molar-refractivity contribution >= 4 is 0 Å². The van der Waals surface area contributed by atoms with Crippen LogP contribution in [0.2, 0.25) is 0 Å².